The molecule has 0 fully saturated rings. The molecule has 2 aromatic rings. The van der Waals surface area contributed by atoms with Gasteiger partial charge in [0, 0.05) is 29.1 Å². The van der Waals surface area contributed by atoms with E-state index in [2.05, 4.69) is 9.97 Å². The van der Waals surface area contributed by atoms with Crippen LogP contribution in [0.4, 0.5) is 0 Å². The van der Waals surface area contributed by atoms with Gasteiger partial charge in [0.25, 0.3) is 0 Å². The maximum atomic E-state index is 5.40. The quantitative estimate of drug-likeness (QED) is 0.813. The first-order chi connectivity index (χ1) is 8.85. The fraction of sp³-hybridized carbons (Fsp3) is 0.308. The zero-order valence-electron chi connectivity index (χ0n) is 10.5. The number of nitrogens with zero attached hydrogens (tertiary/aromatic N) is 1. The SMILES string of the molecule is CCOCc1nc[nH]c1-c1ccc(SOC)cc1. The number of aromatic nitrogens is 2. The second-order valence-corrected chi connectivity index (χ2v) is 4.61. The molecular formula is C13H16N2O2S. The first kappa shape index (κ1) is 13.1. The van der Waals surface area contributed by atoms with Gasteiger partial charge in [-0.3, -0.25) is 0 Å². The normalized spacial score (nSPS) is 10.8. The maximum absolute atomic E-state index is 5.40. The molecule has 0 aliphatic heterocycles. The Morgan fingerprint density at radius 1 is 1.28 bits per heavy atom. The maximum Gasteiger partial charge on any atom is 0.0929 e. The Balaban J connectivity index is 2.17. The molecule has 0 unspecified atom stereocenters. The molecule has 2 rings (SSSR count). The van der Waals surface area contributed by atoms with E-state index in [9.17, 15) is 0 Å². The fourth-order valence-electron chi connectivity index (χ4n) is 1.65. The van der Waals surface area contributed by atoms with Crippen molar-refractivity contribution < 1.29 is 8.92 Å². The van der Waals surface area contributed by atoms with E-state index in [1.165, 1.54) is 12.0 Å². The molecule has 18 heavy (non-hydrogen) atoms. The highest BCUT2D eigenvalue weighted by Crippen LogP contribution is 2.25. The van der Waals surface area contributed by atoms with Gasteiger partial charge in [-0.15, -0.1) is 0 Å². The average molecular weight is 264 g/mol. The van der Waals surface area contributed by atoms with Gasteiger partial charge in [-0.1, -0.05) is 12.1 Å². The number of ether oxygens (including phenoxy) is 1. The highest BCUT2D eigenvalue weighted by atomic mass is 32.2. The van der Waals surface area contributed by atoms with E-state index in [1.807, 2.05) is 31.2 Å². The molecule has 5 heteroatoms. The van der Waals surface area contributed by atoms with Crippen molar-refractivity contribution in [3.63, 3.8) is 0 Å². The lowest BCUT2D eigenvalue weighted by Crippen LogP contribution is -1.94. The highest BCUT2D eigenvalue weighted by Gasteiger charge is 2.08. The summed E-state index contributed by atoms with van der Waals surface area (Å²) in [5.41, 5.74) is 3.05. The molecule has 1 aromatic carbocycles. The van der Waals surface area contributed by atoms with Crippen LogP contribution in [0.25, 0.3) is 11.3 Å². The molecule has 0 bridgehead atoms. The van der Waals surface area contributed by atoms with Gasteiger partial charge in [-0.2, -0.15) is 0 Å². The van der Waals surface area contributed by atoms with Gasteiger partial charge < -0.3 is 13.9 Å². The van der Waals surface area contributed by atoms with Crippen LogP contribution < -0.4 is 0 Å². The summed E-state index contributed by atoms with van der Waals surface area (Å²) in [7, 11) is 1.66. The van der Waals surface area contributed by atoms with Gasteiger partial charge in [-0.05, 0) is 19.1 Å². The van der Waals surface area contributed by atoms with Crippen LogP contribution in [-0.4, -0.2) is 23.7 Å². The molecule has 1 aromatic heterocycles. The van der Waals surface area contributed by atoms with E-state index in [4.69, 9.17) is 8.92 Å². The summed E-state index contributed by atoms with van der Waals surface area (Å²) in [5, 5.41) is 0. The lowest BCUT2D eigenvalue weighted by molar-refractivity contribution is 0.132. The van der Waals surface area contributed by atoms with E-state index in [-0.39, 0.29) is 0 Å². The summed E-state index contributed by atoms with van der Waals surface area (Å²) >= 11 is 1.35. The molecule has 1 heterocycles. The standard InChI is InChI=1S/C13H16N2O2S/c1-3-17-8-12-13(15-9-14-12)10-4-6-11(7-5-10)18-16-2/h4-7,9H,3,8H2,1-2H3,(H,14,15). The van der Waals surface area contributed by atoms with Gasteiger partial charge in [0.05, 0.1) is 31.4 Å². The zero-order valence-corrected chi connectivity index (χ0v) is 11.3. The smallest absolute Gasteiger partial charge is 0.0929 e. The minimum absolute atomic E-state index is 0.532. The van der Waals surface area contributed by atoms with E-state index < -0.39 is 0 Å². The fourth-order valence-corrected chi connectivity index (χ4v) is 2.09. The van der Waals surface area contributed by atoms with Crippen molar-refractivity contribution in [3.8, 4) is 11.3 Å². The van der Waals surface area contributed by atoms with Crippen LogP contribution in [0.3, 0.4) is 0 Å². The third kappa shape index (κ3) is 3.13. The molecule has 0 radical (unpaired) electrons. The van der Waals surface area contributed by atoms with Crippen molar-refractivity contribution in [2.75, 3.05) is 13.7 Å². The first-order valence-electron chi connectivity index (χ1n) is 5.76. The van der Waals surface area contributed by atoms with Crippen LogP contribution in [0.1, 0.15) is 12.6 Å². The number of imidazole rings is 1. The van der Waals surface area contributed by atoms with Crippen molar-refractivity contribution in [2.45, 2.75) is 18.4 Å². The molecule has 1 N–H and O–H groups in total. The van der Waals surface area contributed by atoms with Crippen molar-refractivity contribution in [1.29, 1.82) is 0 Å². The number of rotatable bonds is 6. The average Bonchev–Trinajstić information content (AvgIpc) is 2.86. The number of aromatic amines is 1. The van der Waals surface area contributed by atoms with Crippen molar-refractivity contribution in [2.24, 2.45) is 0 Å². The topological polar surface area (TPSA) is 47.1 Å². The number of benzene rings is 1. The van der Waals surface area contributed by atoms with E-state index >= 15 is 0 Å². The van der Waals surface area contributed by atoms with Crippen molar-refractivity contribution in [3.05, 3.63) is 36.3 Å². The van der Waals surface area contributed by atoms with Crippen LogP contribution in [0.2, 0.25) is 0 Å². The highest BCUT2D eigenvalue weighted by molar-refractivity contribution is 7.94. The third-order valence-corrected chi connectivity index (χ3v) is 3.11. The number of hydrogen-bond acceptors (Lipinski definition) is 4. The van der Waals surface area contributed by atoms with Gasteiger partial charge in [-0.25, -0.2) is 4.98 Å². The Bertz CT molecular complexity index is 482. The molecule has 96 valence electrons. The second kappa shape index (κ2) is 6.58. The van der Waals surface area contributed by atoms with Crippen LogP contribution in [0.15, 0.2) is 35.5 Å². The number of hydrogen-bond donors (Lipinski definition) is 1. The Labute approximate surface area is 111 Å². The molecule has 0 spiro atoms. The van der Waals surface area contributed by atoms with Crippen LogP contribution >= 0.6 is 12.0 Å². The molecule has 0 saturated heterocycles. The summed E-state index contributed by atoms with van der Waals surface area (Å²) in [6.45, 7) is 3.20. The molecule has 4 nitrogen and oxygen atoms in total. The molecule has 0 atom stereocenters. The molecule has 0 saturated carbocycles. The minimum Gasteiger partial charge on any atom is -0.375 e. The molecule has 0 amide bonds. The number of H-pyrrole nitrogens is 1. The summed E-state index contributed by atoms with van der Waals surface area (Å²) in [6, 6.07) is 8.14. The van der Waals surface area contributed by atoms with E-state index in [0.717, 1.165) is 21.8 Å². The number of nitrogens with one attached hydrogen (secondary N) is 1. The van der Waals surface area contributed by atoms with Gasteiger partial charge >= 0.3 is 0 Å². The van der Waals surface area contributed by atoms with Crippen LogP contribution in [-0.2, 0) is 15.5 Å². The molecule has 0 aliphatic rings. The third-order valence-electron chi connectivity index (χ3n) is 2.48. The summed E-state index contributed by atoms with van der Waals surface area (Å²) in [6.07, 6.45) is 1.70. The lowest BCUT2D eigenvalue weighted by Gasteiger charge is -2.04. The van der Waals surface area contributed by atoms with E-state index in [0.29, 0.717) is 13.2 Å². The van der Waals surface area contributed by atoms with Gasteiger partial charge in [0.1, 0.15) is 0 Å². The Morgan fingerprint density at radius 3 is 2.72 bits per heavy atom. The summed E-state index contributed by atoms with van der Waals surface area (Å²) in [4.78, 5) is 8.51. The predicted octanol–water partition coefficient (Wildman–Crippen LogP) is 3.27. The molecular weight excluding hydrogens is 248 g/mol. The lowest BCUT2D eigenvalue weighted by atomic mass is 10.1. The summed E-state index contributed by atoms with van der Waals surface area (Å²) < 4.78 is 10.4. The first-order valence-corrected chi connectivity index (χ1v) is 6.50. The summed E-state index contributed by atoms with van der Waals surface area (Å²) in [5.74, 6) is 0. The monoisotopic (exact) mass is 264 g/mol. The van der Waals surface area contributed by atoms with Gasteiger partial charge in [0.2, 0.25) is 0 Å². The predicted molar refractivity (Wildman–Crippen MR) is 72.2 cm³/mol. The van der Waals surface area contributed by atoms with Crippen LogP contribution in [0, 0.1) is 0 Å². The van der Waals surface area contributed by atoms with Crippen LogP contribution in [0.5, 0.6) is 0 Å². The Hall–Kier alpha value is -1.30. The van der Waals surface area contributed by atoms with Gasteiger partial charge in [0.15, 0.2) is 0 Å². The minimum atomic E-state index is 0.532. The Morgan fingerprint density at radius 2 is 2.06 bits per heavy atom. The second-order valence-electron chi connectivity index (χ2n) is 3.64. The van der Waals surface area contributed by atoms with Crippen molar-refractivity contribution >= 4 is 12.0 Å². The van der Waals surface area contributed by atoms with E-state index in [1.54, 1.807) is 13.4 Å². The van der Waals surface area contributed by atoms with Crippen molar-refractivity contribution in [1.82, 2.24) is 9.97 Å². The largest absolute Gasteiger partial charge is 0.375 e. The Kier molecular flexibility index (Phi) is 4.81. The molecule has 0 aliphatic carbocycles. The zero-order chi connectivity index (χ0) is 12.8.